The van der Waals surface area contributed by atoms with Gasteiger partial charge in [0.1, 0.15) is 0 Å². The molecule has 114 valence electrons. The molecule has 1 aromatic carbocycles. The summed E-state index contributed by atoms with van der Waals surface area (Å²) in [5, 5.41) is 9.71. The molecule has 2 aromatic rings. The largest absolute Gasteiger partial charge is 0.316 e. The first-order valence-corrected chi connectivity index (χ1v) is 8.15. The van der Waals surface area contributed by atoms with Gasteiger partial charge in [-0.1, -0.05) is 12.1 Å². The molecule has 0 fully saturated rings. The number of hydrogen-bond donors (Lipinski definition) is 3. The normalized spacial score (nSPS) is 11.8. The first kappa shape index (κ1) is 15.7. The van der Waals surface area contributed by atoms with E-state index in [1.807, 2.05) is 27.0 Å². The van der Waals surface area contributed by atoms with Crippen LogP contribution in [0.4, 0.5) is 0 Å². The molecule has 0 saturated carbocycles. The van der Waals surface area contributed by atoms with Crippen LogP contribution >= 0.6 is 0 Å². The van der Waals surface area contributed by atoms with E-state index in [0.717, 1.165) is 22.4 Å². The van der Waals surface area contributed by atoms with Gasteiger partial charge in [0.25, 0.3) is 0 Å². The van der Waals surface area contributed by atoms with Crippen LogP contribution in [0.5, 0.6) is 0 Å². The Kier molecular flexibility index (Phi) is 4.76. The minimum Gasteiger partial charge on any atom is -0.316 e. The summed E-state index contributed by atoms with van der Waals surface area (Å²) in [6.07, 6.45) is 1.63. The Hall–Kier alpha value is -1.70. The van der Waals surface area contributed by atoms with Crippen LogP contribution in [0.1, 0.15) is 22.4 Å². The van der Waals surface area contributed by atoms with E-state index in [4.69, 9.17) is 0 Å². The zero-order valence-electron chi connectivity index (χ0n) is 12.4. The maximum atomic E-state index is 12.5. The van der Waals surface area contributed by atoms with E-state index in [1.54, 1.807) is 18.3 Å². The number of H-pyrrole nitrogens is 1. The lowest BCUT2D eigenvalue weighted by Gasteiger charge is -2.12. The number of benzene rings is 1. The van der Waals surface area contributed by atoms with Crippen LogP contribution in [0.2, 0.25) is 0 Å². The number of sulfonamides is 1. The van der Waals surface area contributed by atoms with Gasteiger partial charge < -0.3 is 5.32 Å². The zero-order chi connectivity index (χ0) is 15.5. The van der Waals surface area contributed by atoms with Gasteiger partial charge in [-0.05, 0) is 38.1 Å². The topological polar surface area (TPSA) is 86.9 Å². The predicted octanol–water partition coefficient (Wildman–Crippen LogP) is 1.22. The van der Waals surface area contributed by atoms with Crippen molar-refractivity contribution in [3.63, 3.8) is 0 Å². The summed E-state index contributed by atoms with van der Waals surface area (Å²) >= 11 is 0. The van der Waals surface area contributed by atoms with Crippen molar-refractivity contribution in [1.29, 1.82) is 0 Å². The second kappa shape index (κ2) is 6.38. The number of aryl methyl sites for hydroxylation is 1. The second-order valence-corrected chi connectivity index (χ2v) is 6.65. The number of nitrogens with zero attached hydrogens (tertiary/aromatic N) is 1. The molecule has 1 aromatic heterocycles. The standard InChI is InChI=1S/C14H20N4O2S/c1-10-12(7-15-3)5-4-6-14(10)21(19,20)17-9-13-8-16-18-11(13)2/h4-6,8,15,17H,7,9H2,1-3H3,(H,16,18). The van der Waals surface area contributed by atoms with Gasteiger partial charge in [-0.15, -0.1) is 0 Å². The van der Waals surface area contributed by atoms with E-state index in [2.05, 4.69) is 20.2 Å². The minimum absolute atomic E-state index is 0.223. The number of nitrogens with one attached hydrogen (secondary N) is 3. The molecule has 0 aliphatic rings. The van der Waals surface area contributed by atoms with Gasteiger partial charge in [-0.3, -0.25) is 5.10 Å². The highest BCUT2D eigenvalue weighted by Gasteiger charge is 2.18. The fourth-order valence-electron chi connectivity index (χ4n) is 2.14. The van der Waals surface area contributed by atoms with Crippen molar-refractivity contribution in [1.82, 2.24) is 20.2 Å². The quantitative estimate of drug-likeness (QED) is 0.749. The third-order valence-corrected chi connectivity index (χ3v) is 4.99. The second-order valence-electron chi connectivity index (χ2n) is 4.92. The zero-order valence-corrected chi connectivity index (χ0v) is 13.2. The van der Waals surface area contributed by atoms with Crippen LogP contribution in [0, 0.1) is 13.8 Å². The maximum Gasteiger partial charge on any atom is 0.241 e. The summed E-state index contributed by atoms with van der Waals surface area (Å²) in [6, 6.07) is 5.31. The molecule has 7 heteroatoms. The Bertz CT molecular complexity index is 722. The maximum absolute atomic E-state index is 12.5. The van der Waals surface area contributed by atoms with Crippen LogP contribution in [0.25, 0.3) is 0 Å². The first-order valence-electron chi connectivity index (χ1n) is 6.67. The van der Waals surface area contributed by atoms with Gasteiger partial charge in [0.05, 0.1) is 11.1 Å². The van der Waals surface area contributed by atoms with Gasteiger partial charge in [-0.2, -0.15) is 5.10 Å². The van der Waals surface area contributed by atoms with E-state index in [-0.39, 0.29) is 6.54 Å². The van der Waals surface area contributed by atoms with E-state index in [0.29, 0.717) is 11.4 Å². The average Bonchev–Trinajstić information content (AvgIpc) is 2.84. The van der Waals surface area contributed by atoms with Crippen molar-refractivity contribution in [2.75, 3.05) is 7.05 Å². The van der Waals surface area contributed by atoms with E-state index >= 15 is 0 Å². The number of hydrogen-bond acceptors (Lipinski definition) is 4. The van der Waals surface area contributed by atoms with Crippen molar-refractivity contribution < 1.29 is 8.42 Å². The molecule has 0 aliphatic carbocycles. The Morgan fingerprint density at radius 3 is 2.57 bits per heavy atom. The molecule has 3 N–H and O–H groups in total. The van der Waals surface area contributed by atoms with Crippen molar-refractivity contribution in [3.8, 4) is 0 Å². The molecule has 21 heavy (non-hydrogen) atoms. The number of rotatable bonds is 6. The smallest absolute Gasteiger partial charge is 0.241 e. The lowest BCUT2D eigenvalue weighted by molar-refractivity contribution is 0.580. The molecule has 0 atom stereocenters. The fourth-order valence-corrected chi connectivity index (χ4v) is 3.43. The van der Waals surface area contributed by atoms with Crippen molar-refractivity contribution >= 4 is 10.0 Å². The Morgan fingerprint density at radius 2 is 1.95 bits per heavy atom. The Balaban J connectivity index is 2.23. The van der Waals surface area contributed by atoms with Gasteiger partial charge >= 0.3 is 0 Å². The molecule has 6 nitrogen and oxygen atoms in total. The van der Waals surface area contributed by atoms with E-state index in [9.17, 15) is 8.42 Å². The van der Waals surface area contributed by atoms with E-state index < -0.39 is 10.0 Å². The summed E-state index contributed by atoms with van der Waals surface area (Å²) in [5.41, 5.74) is 3.43. The lowest BCUT2D eigenvalue weighted by atomic mass is 10.1. The highest BCUT2D eigenvalue weighted by molar-refractivity contribution is 7.89. The summed E-state index contributed by atoms with van der Waals surface area (Å²) in [6.45, 7) is 4.54. The van der Waals surface area contributed by atoms with Gasteiger partial charge in [0.2, 0.25) is 10.0 Å². The third kappa shape index (κ3) is 3.49. The number of aromatic amines is 1. The van der Waals surface area contributed by atoms with Gasteiger partial charge in [-0.25, -0.2) is 13.1 Å². The fraction of sp³-hybridized carbons (Fsp3) is 0.357. The molecular weight excluding hydrogens is 288 g/mol. The van der Waals surface area contributed by atoms with Crippen molar-refractivity contribution in [3.05, 3.63) is 46.8 Å². The number of aromatic nitrogens is 2. The first-order chi connectivity index (χ1) is 9.95. The lowest BCUT2D eigenvalue weighted by Crippen LogP contribution is -2.24. The van der Waals surface area contributed by atoms with Crippen LogP contribution in [-0.4, -0.2) is 25.7 Å². The van der Waals surface area contributed by atoms with Crippen LogP contribution in [-0.2, 0) is 23.1 Å². The molecule has 0 amide bonds. The molecule has 0 radical (unpaired) electrons. The molecule has 0 bridgehead atoms. The molecule has 1 heterocycles. The molecule has 0 saturated heterocycles. The molecule has 2 rings (SSSR count). The van der Waals surface area contributed by atoms with Crippen molar-refractivity contribution in [2.45, 2.75) is 31.8 Å². The Morgan fingerprint density at radius 1 is 1.19 bits per heavy atom. The molecule has 0 unspecified atom stereocenters. The van der Waals surface area contributed by atoms with Crippen LogP contribution in [0.15, 0.2) is 29.3 Å². The molecule has 0 spiro atoms. The van der Waals surface area contributed by atoms with Crippen molar-refractivity contribution in [2.24, 2.45) is 0 Å². The molecule has 0 aliphatic heterocycles. The van der Waals surface area contributed by atoms with E-state index in [1.165, 1.54) is 0 Å². The highest BCUT2D eigenvalue weighted by Crippen LogP contribution is 2.19. The van der Waals surface area contributed by atoms with Crippen LogP contribution < -0.4 is 10.0 Å². The Labute approximate surface area is 125 Å². The minimum atomic E-state index is -3.54. The monoisotopic (exact) mass is 308 g/mol. The van der Waals surface area contributed by atoms with Gasteiger partial charge in [0.15, 0.2) is 0 Å². The summed E-state index contributed by atoms with van der Waals surface area (Å²) in [4.78, 5) is 0.316. The molecular formula is C14H20N4O2S. The SMILES string of the molecule is CNCc1cccc(S(=O)(=O)NCc2cn[nH]c2C)c1C. The van der Waals surface area contributed by atoms with Crippen LogP contribution in [0.3, 0.4) is 0 Å². The van der Waals surface area contributed by atoms with Gasteiger partial charge in [0, 0.05) is 24.3 Å². The average molecular weight is 308 g/mol. The highest BCUT2D eigenvalue weighted by atomic mass is 32.2. The summed E-state index contributed by atoms with van der Waals surface area (Å²) in [7, 11) is -1.71. The third-order valence-electron chi connectivity index (χ3n) is 3.44. The predicted molar refractivity (Wildman–Crippen MR) is 81.3 cm³/mol. The summed E-state index contributed by atoms with van der Waals surface area (Å²) < 4.78 is 27.5. The summed E-state index contributed by atoms with van der Waals surface area (Å²) in [5.74, 6) is 0.